The van der Waals surface area contributed by atoms with Gasteiger partial charge in [0.15, 0.2) is 5.66 Å². The highest BCUT2D eigenvalue weighted by Gasteiger charge is 2.31. The molecule has 13 heavy (non-hydrogen) atoms. The van der Waals surface area contributed by atoms with Crippen LogP contribution in [0.3, 0.4) is 0 Å². The molecule has 78 valence electrons. The molecule has 0 heterocycles. The molecule has 0 radical (unpaired) electrons. The second-order valence-corrected chi connectivity index (χ2v) is 3.05. The van der Waals surface area contributed by atoms with E-state index < -0.39 is 11.6 Å². The Morgan fingerprint density at radius 1 is 1.54 bits per heavy atom. The Morgan fingerprint density at radius 3 is 2.54 bits per heavy atom. The van der Waals surface area contributed by atoms with E-state index in [0.717, 1.165) is 12.8 Å². The van der Waals surface area contributed by atoms with Gasteiger partial charge in [0.2, 0.25) is 0 Å². The van der Waals surface area contributed by atoms with Gasteiger partial charge in [-0.15, -0.1) is 0 Å². The number of carboxylic acids is 1. The van der Waals surface area contributed by atoms with Gasteiger partial charge < -0.3 is 16.6 Å². The summed E-state index contributed by atoms with van der Waals surface area (Å²) < 4.78 is 0. The predicted molar refractivity (Wildman–Crippen MR) is 51.1 cm³/mol. The lowest BCUT2D eigenvalue weighted by Crippen LogP contribution is -2.59. The van der Waals surface area contributed by atoms with E-state index in [-0.39, 0.29) is 0 Å². The van der Waals surface area contributed by atoms with Gasteiger partial charge in [-0.05, 0) is 32.4 Å². The molecule has 0 aromatic heterocycles. The van der Waals surface area contributed by atoms with Gasteiger partial charge in [-0.3, -0.25) is 5.32 Å². The number of carboxylic acid groups (broad SMARTS) is 1. The summed E-state index contributed by atoms with van der Waals surface area (Å²) in [6, 6.07) is 0. The normalized spacial score (nSPS) is 15.3. The van der Waals surface area contributed by atoms with Crippen LogP contribution in [-0.2, 0) is 4.79 Å². The van der Waals surface area contributed by atoms with E-state index in [1.165, 1.54) is 0 Å². The Bertz CT molecular complexity index is 163. The Balaban J connectivity index is 4.00. The van der Waals surface area contributed by atoms with Crippen LogP contribution in [0.25, 0.3) is 0 Å². The van der Waals surface area contributed by atoms with E-state index >= 15 is 0 Å². The topological polar surface area (TPSA) is 101 Å². The molecule has 0 spiro atoms. The number of nitrogens with one attached hydrogen (secondary N) is 1. The molecule has 0 fully saturated rings. The van der Waals surface area contributed by atoms with E-state index in [1.807, 2.05) is 6.92 Å². The molecule has 0 saturated carbocycles. The summed E-state index contributed by atoms with van der Waals surface area (Å²) in [7, 11) is 0. The molecule has 0 amide bonds. The second kappa shape index (κ2) is 5.90. The van der Waals surface area contributed by atoms with E-state index in [9.17, 15) is 4.79 Å². The first-order valence-corrected chi connectivity index (χ1v) is 4.54. The third kappa shape index (κ3) is 4.21. The van der Waals surface area contributed by atoms with Crippen molar-refractivity contribution >= 4 is 5.97 Å². The van der Waals surface area contributed by atoms with Crippen molar-refractivity contribution in [1.29, 1.82) is 0 Å². The van der Waals surface area contributed by atoms with Crippen LogP contribution in [0.1, 0.15) is 26.2 Å². The number of carbonyl (C=O) groups is 1. The zero-order valence-corrected chi connectivity index (χ0v) is 8.05. The zero-order valence-electron chi connectivity index (χ0n) is 8.05. The van der Waals surface area contributed by atoms with Crippen molar-refractivity contribution in [2.24, 2.45) is 11.5 Å². The number of hydrogen-bond donors (Lipinski definition) is 4. The summed E-state index contributed by atoms with van der Waals surface area (Å²) in [5.74, 6) is -1.01. The summed E-state index contributed by atoms with van der Waals surface area (Å²) >= 11 is 0. The molecular formula is C8H19N3O2. The van der Waals surface area contributed by atoms with Crippen molar-refractivity contribution in [3.05, 3.63) is 0 Å². The van der Waals surface area contributed by atoms with Crippen LogP contribution in [0.15, 0.2) is 0 Å². The number of aliphatic carboxylic acids is 1. The highest BCUT2D eigenvalue weighted by atomic mass is 16.4. The highest BCUT2D eigenvalue weighted by Crippen LogP contribution is 2.07. The minimum absolute atomic E-state index is 0.410. The van der Waals surface area contributed by atoms with Crippen molar-refractivity contribution in [3.63, 3.8) is 0 Å². The molecule has 0 unspecified atom stereocenters. The lowest BCUT2D eigenvalue weighted by Gasteiger charge is -2.25. The first-order chi connectivity index (χ1) is 6.06. The Morgan fingerprint density at radius 2 is 2.15 bits per heavy atom. The molecular weight excluding hydrogens is 170 g/mol. The molecule has 0 aliphatic heterocycles. The standard InChI is InChI=1S/C8H19N3O2/c1-2-11-8(10,7(12)13)5-3-4-6-9/h11H,2-6,9-10H2,1H3,(H,12,13)/t8-/m1/s1. The molecule has 0 rings (SSSR count). The highest BCUT2D eigenvalue weighted by molar-refractivity contribution is 5.77. The zero-order chi connectivity index (χ0) is 10.3. The summed E-state index contributed by atoms with van der Waals surface area (Å²) in [5.41, 5.74) is 9.65. The maximum atomic E-state index is 10.8. The SMILES string of the molecule is CCN[C@](N)(CCCCN)C(=O)O. The molecule has 6 N–H and O–H groups in total. The smallest absolute Gasteiger partial charge is 0.338 e. The summed E-state index contributed by atoms with van der Waals surface area (Å²) in [4.78, 5) is 10.8. The Kier molecular flexibility index (Phi) is 5.61. The molecule has 5 nitrogen and oxygen atoms in total. The van der Waals surface area contributed by atoms with E-state index in [4.69, 9.17) is 16.6 Å². The fourth-order valence-electron chi connectivity index (χ4n) is 1.13. The van der Waals surface area contributed by atoms with Gasteiger partial charge in [-0.1, -0.05) is 6.92 Å². The number of likely N-dealkylation sites (N-methyl/N-ethyl adjacent to an activating group) is 1. The minimum atomic E-state index is -1.29. The van der Waals surface area contributed by atoms with Gasteiger partial charge in [0.25, 0.3) is 0 Å². The van der Waals surface area contributed by atoms with Gasteiger partial charge in [0, 0.05) is 0 Å². The second-order valence-electron chi connectivity index (χ2n) is 3.05. The molecule has 0 bridgehead atoms. The van der Waals surface area contributed by atoms with Crippen molar-refractivity contribution in [1.82, 2.24) is 5.32 Å². The van der Waals surface area contributed by atoms with E-state index in [2.05, 4.69) is 5.32 Å². The summed E-state index contributed by atoms with van der Waals surface area (Å²) in [5, 5.41) is 11.6. The quantitative estimate of drug-likeness (QED) is 0.318. The van der Waals surface area contributed by atoms with Crippen LogP contribution < -0.4 is 16.8 Å². The monoisotopic (exact) mass is 189 g/mol. The van der Waals surface area contributed by atoms with E-state index in [1.54, 1.807) is 0 Å². The van der Waals surface area contributed by atoms with E-state index in [0.29, 0.717) is 19.5 Å². The number of rotatable bonds is 7. The largest absolute Gasteiger partial charge is 0.479 e. The molecule has 1 atom stereocenters. The molecule has 0 aliphatic rings. The molecule has 5 heteroatoms. The van der Waals surface area contributed by atoms with Gasteiger partial charge in [0.1, 0.15) is 0 Å². The lowest BCUT2D eigenvalue weighted by molar-refractivity contribution is -0.145. The van der Waals surface area contributed by atoms with Gasteiger partial charge >= 0.3 is 5.97 Å². The number of unbranched alkanes of at least 4 members (excludes halogenated alkanes) is 1. The molecule has 0 aromatic carbocycles. The average molecular weight is 189 g/mol. The van der Waals surface area contributed by atoms with Crippen molar-refractivity contribution < 1.29 is 9.90 Å². The average Bonchev–Trinajstić information content (AvgIpc) is 2.05. The van der Waals surface area contributed by atoms with Gasteiger partial charge in [0.05, 0.1) is 0 Å². The predicted octanol–water partition coefficient (Wildman–Crippen LogP) is -0.535. The molecule has 0 aliphatic carbocycles. The van der Waals surface area contributed by atoms with Crippen LogP contribution >= 0.6 is 0 Å². The first-order valence-electron chi connectivity index (χ1n) is 4.54. The summed E-state index contributed by atoms with van der Waals surface area (Å²) in [6.45, 7) is 2.95. The fourth-order valence-corrected chi connectivity index (χ4v) is 1.13. The molecule has 0 aromatic rings. The summed E-state index contributed by atoms with van der Waals surface area (Å²) in [6.07, 6.45) is 1.94. The molecule has 0 saturated heterocycles. The third-order valence-corrected chi connectivity index (χ3v) is 1.90. The maximum Gasteiger partial charge on any atom is 0.338 e. The minimum Gasteiger partial charge on any atom is -0.479 e. The third-order valence-electron chi connectivity index (χ3n) is 1.90. The first kappa shape index (κ1) is 12.3. The van der Waals surface area contributed by atoms with Crippen LogP contribution in [0, 0.1) is 0 Å². The Hall–Kier alpha value is -0.650. The van der Waals surface area contributed by atoms with Crippen molar-refractivity contribution in [2.75, 3.05) is 13.1 Å². The van der Waals surface area contributed by atoms with Crippen LogP contribution in [-0.4, -0.2) is 29.8 Å². The maximum absolute atomic E-state index is 10.8. The Labute approximate surface area is 78.5 Å². The fraction of sp³-hybridized carbons (Fsp3) is 0.875. The lowest BCUT2D eigenvalue weighted by atomic mass is 10.0. The van der Waals surface area contributed by atoms with Crippen LogP contribution in [0.4, 0.5) is 0 Å². The van der Waals surface area contributed by atoms with Crippen molar-refractivity contribution in [2.45, 2.75) is 31.8 Å². The van der Waals surface area contributed by atoms with Crippen molar-refractivity contribution in [3.8, 4) is 0 Å². The van der Waals surface area contributed by atoms with Crippen LogP contribution in [0.5, 0.6) is 0 Å². The number of hydrogen-bond acceptors (Lipinski definition) is 4. The van der Waals surface area contributed by atoms with Gasteiger partial charge in [-0.2, -0.15) is 0 Å². The van der Waals surface area contributed by atoms with Crippen LogP contribution in [0.2, 0.25) is 0 Å². The van der Waals surface area contributed by atoms with Gasteiger partial charge in [-0.25, -0.2) is 4.79 Å². The number of nitrogens with two attached hydrogens (primary N) is 2.